The summed E-state index contributed by atoms with van der Waals surface area (Å²) in [5, 5.41) is 20.2. The molecule has 1 spiro atoms. The van der Waals surface area contributed by atoms with Crippen LogP contribution < -0.4 is 10.6 Å². The third-order valence-electron chi connectivity index (χ3n) is 12.3. The predicted octanol–water partition coefficient (Wildman–Crippen LogP) is 5.69. The molecule has 3 aromatic carbocycles. The third kappa shape index (κ3) is 6.73. The number of hydrogen-bond donors (Lipinski definition) is 2. The number of amides is 4. The molecule has 10 rings (SSSR count). The molecular formula is C44H43ClN10O4. The van der Waals surface area contributed by atoms with Crippen molar-refractivity contribution in [3.05, 3.63) is 112 Å². The van der Waals surface area contributed by atoms with Crippen LogP contribution in [0.4, 0.5) is 5.69 Å². The van der Waals surface area contributed by atoms with Crippen molar-refractivity contribution in [1.29, 1.82) is 0 Å². The summed E-state index contributed by atoms with van der Waals surface area (Å²) in [5.74, 6) is -0.242. The van der Waals surface area contributed by atoms with Crippen molar-refractivity contribution in [2.24, 2.45) is 4.99 Å². The average molecular weight is 811 g/mol. The standard InChI is InChI=1S/C44H43ClN10O4/c1-26-50-51-43-44(17-18-44)49-39(27-9-12-30(45)13-10-27)33-21-28(11-14-35(33)54(26)43)29-22-46-53(23-29)20-5-3-2-4-19-52-24-31(25-52)47-34-8-6-7-32-38(34)42(59)55(41(32)58)36-15-16-37(56)48-40(36)57/h6-14,21-23,31,36,47H,2-5,15-20,24-25H2,1H3,(H,48,56,57). The Balaban J connectivity index is 0.716. The molecule has 1 saturated carbocycles. The second kappa shape index (κ2) is 14.7. The molecular weight excluding hydrogens is 768 g/mol. The molecule has 59 heavy (non-hydrogen) atoms. The quantitative estimate of drug-likeness (QED) is 0.119. The van der Waals surface area contributed by atoms with Crippen LogP contribution in [0.5, 0.6) is 0 Å². The van der Waals surface area contributed by atoms with Crippen LogP contribution in [0.15, 0.2) is 78.0 Å². The molecule has 0 radical (unpaired) electrons. The summed E-state index contributed by atoms with van der Waals surface area (Å²) >= 11 is 6.28. The van der Waals surface area contributed by atoms with E-state index < -0.39 is 29.7 Å². The molecule has 2 N–H and O–H groups in total. The third-order valence-corrected chi connectivity index (χ3v) is 12.5. The molecule has 3 fully saturated rings. The van der Waals surface area contributed by atoms with E-state index in [1.54, 1.807) is 12.1 Å². The second-order valence-electron chi connectivity index (χ2n) is 16.3. The first-order valence-electron chi connectivity index (χ1n) is 20.5. The molecule has 1 atom stereocenters. The average Bonchev–Trinajstić information content (AvgIpc) is 3.56. The smallest absolute Gasteiger partial charge is 0.264 e. The van der Waals surface area contributed by atoms with Gasteiger partial charge in [0.1, 0.15) is 17.4 Å². The SMILES string of the molecule is Cc1nnc2n1-c1ccc(-c3cnn(CCCCCCN4CC(Nc5cccc6c5C(=O)N(C5CCC(=O)NC5=O)C6=O)C4)c3)cc1C(c1ccc(Cl)cc1)=NC21CC1. The van der Waals surface area contributed by atoms with Crippen LogP contribution in [-0.4, -0.2) is 95.4 Å². The number of halogens is 1. The molecule has 4 aliphatic heterocycles. The zero-order valence-corrected chi connectivity index (χ0v) is 33.4. The maximum atomic E-state index is 13.4. The lowest BCUT2D eigenvalue weighted by atomic mass is 9.96. The highest BCUT2D eigenvalue weighted by Crippen LogP contribution is 2.52. The van der Waals surface area contributed by atoms with E-state index in [0.29, 0.717) is 16.3 Å². The van der Waals surface area contributed by atoms with Crippen LogP contribution in [0.1, 0.15) is 94.9 Å². The van der Waals surface area contributed by atoms with Gasteiger partial charge in [-0.05, 0) is 87.5 Å². The fourth-order valence-electron chi connectivity index (χ4n) is 8.95. The largest absolute Gasteiger partial charge is 0.379 e. The Kier molecular flexibility index (Phi) is 9.28. The van der Waals surface area contributed by atoms with E-state index in [1.165, 1.54) is 0 Å². The number of hydrogen-bond acceptors (Lipinski definition) is 10. The van der Waals surface area contributed by atoms with E-state index in [-0.39, 0.29) is 30.0 Å². The number of piperidine rings is 1. The zero-order valence-electron chi connectivity index (χ0n) is 32.7. The number of nitrogens with zero attached hydrogens (tertiary/aromatic N) is 8. The fourth-order valence-corrected chi connectivity index (χ4v) is 9.08. The van der Waals surface area contributed by atoms with Crippen molar-refractivity contribution in [3.63, 3.8) is 0 Å². The first-order valence-corrected chi connectivity index (χ1v) is 20.8. The molecule has 5 aliphatic rings. The Morgan fingerprint density at radius 1 is 0.864 bits per heavy atom. The van der Waals surface area contributed by atoms with E-state index in [9.17, 15) is 19.2 Å². The van der Waals surface area contributed by atoms with Gasteiger partial charge >= 0.3 is 0 Å². The van der Waals surface area contributed by atoms with Crippen LogP contribution in [0, 0.1) is 6.92 Å². The Bertz CT molecular complexity index is 2570. The van der Waals surface area contributed by atoms with Gasteiger partial charge in [-0.15, -0.1) is 10.2 Å². The summed E-state index contributed by atoms with van der Waals surface area (Å²) in [6.45, 7) is 5.52. The van der Waals surface area contributed by atoms with Crippen LogP contribution in [0.25, 0.3) is 16.8 Å². The maximum absolute atomic E-state index is 13.4. The molecule has 14 nitrogen and oxygen atoms in total. The summed E-state index contributed by atoms with van der Waals surface area (Å²) in [5.41, 5.74) is 6.96. The van der Waals surface area contributed by atoms with Crippen LogP contribution in [-0.2, 0) is 21.7 Å². The minimum atomic E-state index is -0.981. The highest BCUT2D eigenvalue weighted by Gasteiger charge is 2.51. The molecule has 2 saturated heterocycles. The number of imide groups is 2. The summed E-state index contributed by atoms with van der Waals surface area (Å²) in [4.78, 5) is 59.5. The van der Waals surface area contributed by atoms with Gasteiger partial charge in [0.25, 0.3) is 11.8 Å². The van der Waals surface area contributed by atoms with Gasteiger partial charge in [0.05, 0.1) is 34.8 Å². The molecule has 2 aromatic heterocycles. The van der Waals surface area contributed by atoms with Gasteiger partial charge in [-0.3, -0.25) is 48.5 Å². The van der Waals surface area contributed by atoms with Gasteiger partial charge in [0.2, 0.25) is 11.8 Å². The van der Waals surface area contributed by atoms with E-state index in [1.807, 2.05) is 48.1 Å². The fraction of sp³-hybridized carbons (Fsp3) is 0.364. The van der Waals surface area contributed by atoms with Crippen molar-refractivity contribution in [2.75, 3.05) is 25.0 Å². The van der Waals surface area contributed by atoms with Crippen LogP contribution in [0.2, 0.25) is 5.02 Å². The van der Waals surface area contributed by atoms with Crippen molar-refractivity contribution < 1.29 is 19.2 Å². The van der Waals surface area contributed by atoms with Gasteiger partial charge in [0.15, 0.2) is 5.82 Å². The molecule has 4 amide bonds. The van der Waals surface area contributed by atoms with Gasteiger partial charge in [-0.2, -0.15) is 5.10 Å². The summed E-state index contributed by atoms with van der Waals surface area (Å²) in [6, 6.07) is 18.8. The second-order valence-corrected chi connectivity index (χ2v) is 16.8. The number of anilines is 1. The normalized spacial score (nSPS) is 19.5. The topological polar surface area (TPSA) is 160 Å². The first kappa shape index (κ1) is 37.3. The Labute approximate surface area is 345 Å². The molecule has 1 aliphatic carbocycles. The number of aliphatic imine (C=N–C) groups is 1. The molecule has 1 unspecified atom stereocenters. The number of carbonyl (C=O) groups is 4. The summed E-state index contributed by atoms with van der Waals surface area (Å²) < 4.78 is 4.20. The summed E-state index contributed by atoms with van der Waals surface area (Å²) in [6.07, 6.45) is 10.5. The van der Waals surface area contributed by atoms with Crippen molar-refractivity contribution >= 4 is 46.6 Å². The number of aromatic nitrogens is 5. The zero-order chi connectivity index (χ0) is 40.4. The Morgan fingerprint density at radius 2 is 1.64 bits per heavy atom. The van der Waals surface area contributed by atoms with E-state index in [0.717, 1.165) is 115 Å². The number of fused-ring (bicyclic) bond motifs is 5. The lowest BCUT2D eigenvalue weighted by Gasteiger charge is -2.40. The number of benzene rings is 3. The van der Waals surface area contributed by atoms with Gasteiger partial charge in [-0.1, -0.05) is 48.7 Å². The highest BCUT2D eigenvalue weighted by molar-refractivity contribution is 6.30. The van der Waals surface area contributed by atoms with Gasteiger partial charge in [-0.25, -0.2) is 0 Å². The van der Waals surface area contributed by atoms with E-state index >= 15 is 0 Å². The number of carbonyl (C=O) groups excluding carboxylic acids is 4. The summed E-state index contributed by atoms with van der Waals surface area (Å²) in [7, 11) is 0. The molecule has 300 valence electrons. The Hall–Kier alpha value is -5.99. The van der Waals surface area contributed by atoms with Crippen molar-refractivity contribution in [1.82, 2.24) is 39.7 Å². The lowest BCUT2D eigenvalue weighted by Crippen LogP contribution is -2.55. The molecule has 0 bridgehead atoms. The minimum Gasteiger partial charge on any atom is -0.379 e. The monoisotopic (exact) mass is 810 g/mol. The maximum Gasteiger partial charge on any atom is 0.264 e. The predicted molar refractivity (Wildman–Crippen MR) is 221 cm³/mol. The van der Waals surface area contributed by atoms with Crippen molar-refractivity contribution in [3.8, 4) is 16.8 Å². The number of nitrogens with one attached hydrogen (secondary N) is 2. The van der Waals surface area contributed by atoms with E-state index in [2.05, 4.69) is 54.7 Å². The van der Waals surface area contributed by atoms with Crippen LogP contribution >= 0.6 is 11.6 Å². The van der Waals surface area contributed by atoms with Gasteiger partial charge < -0.3 is 5.32 Å². The number of aryl methyl sites for hydroxylation is 2. The van der Waals surface area contributed by atoms with Gasteiger partial charge in [0, 0.05) is 59.7 Å². The molecule has 15 heteroatoms. The molecule has 5 aromatic rings. The Morgan fingerprint density at radius 3 is 2.42 bits per heavy atom. The minimum absolute atomic E-state index is 0.0903. The number of rotatable bonds is 12. The van der Waals surface area contributed by atoms with Crippen molar-refractivity contribution in [2.45, 2.75) is 82.5 Å². The van der Waals surface area contributed by atoms with E-state index in [4.69, 9.17) is 21.7 Å². The lowest BCUT2D eigenvalue weighted by molar-refractivity contribution is -0.136. The molecule has 6 heterocycles. The van der Waals surface area contributed by atoms with Crippen LogP contribution in [0.3, 0.4) is 0 Å². The number of unbranched alkanes of at least 4 members (excludes halogenated alkanes) is 3. The first-order chi connectivity index (χ1) is 28.7. The highest BCUT2D eigenvalue weighted by atomic mass is 35.5. The number of likely N-dealkylation sites (tertiary alicyclic amines) is 1.